The van der Waals surface area contributed by atoms with E-state index in [-0.39, 0.29) is 44.3 Å². The molecule has 2 saturated carbocycles. The number of nitrogens with one attached hydrogen (secondary N) is 5. The second-order valence-electron chi connectivity index (χ2n) is 26.2. The fourth-order valence-corrected chi connectivity index (χ4v) is 9.08. The number of aliphatic hydroxyl groups is 4. The predicted octanol–water partition coefficient (Wildman–Crippen LogP) is 3.64. The largest absolute Gasteiger partial charge is 0.466 e. The van der Waals surface area contributed by atoms with Crippen LogP contribution in [-0.2, 0) is 47.4 Å². The summed E-state index contributed by atoms with van der Waals surface area (Å²) < 4.78 is 53.3. The van der Waals surface area contributed by atoms with Crippen molar-refractivity contribution in [3.63, 3.8) is 0 Å². The minimum absolute atomic E-state index is 0.0483. The van der Waals surface area contributed by atoms with Crippen LogP contribution in [0.25, 0.3) is 0 Å². The molecule has 26 nitrogen and oxygen atoms in total. The van der Waals surface area contributed by atoms with Crippen molar-refractivity contribution in [2.24, 2.45) is 5.92 Å². The fraction of sp³-hybridized carbons (Fsp3) is 0.852. The summed E-state index contributed by atoms with van der Waals surface area (Å²) in [7, 11) is 1.38. The van der Waals surface area contributed by atoms with Crippen molar-refractivity contribution >= 4 is 36.4 Å². The molecule has 460 valence electrons. The van der Waals surface area contributed by atoms with Crippen LogP contribution in [0.1, 0.15) is 143 Å². The number of likely N-dealkylation sites (N-methyl/N-ethyl adjacent to an activating group) is 1. The molecule has 2 heterocycles. The van der Waals surface area contributed by atoms with Gasteiger partial charge in [0.25, 0.3) is 5.91 Å². The van der Waals surface area contributed by atoms with Gasteiger partial charge in [0, 0.05) is 26.1 Å². The topological polar surface area (TPSA) is 333 Å². The van der Waals surface area contributed by atoms with E-state index in [0.717, 1.165) is 4.90 Å². The van der Waals surface area contributed by atoms with Crippen molar-refractivity contribution in [2.45, 2.75) is 244 Å². The molecule has 9 N–H and O–H groups in total. The molecule has 0 aromatic heterocycles. The number of amides is 6. The molecule has 1 saturated heterocycles. The molecule has 2 aliphatic carbocycles. The van der Waals surface area contributed by atoms with E-state index in [1.54, 1.807) is 110 Å². The van der Waals surface area contributed by atoms with E-state index in [9.17, 15) is 49.2 Å². The molecule has 0 bridgehead atoms. The van der Waals surface area contributed by atoms with Gasteiger partial charge in [-0.3, -0.25) is 4.79 Å². The third-order valence-electron chi connectivity index (χ3n) is 12.9. The first kappa shape index (κ1) is 67.5. The van der Waals surface area contributed by atoms with Gasteiger partial charge < -0.3 is 99.4 Å². The molecule has 6 amide bonds. The molecule has 11 atom stereocenters. The lowest BCUT2D eigenvalue weighted by molar-refractivity contribution is -0.276. The Morgan fingerprint density at radius 2 is 1.27 bits per heavy atom. The van der Waals surface area contributed by atoms with Crippen molar-refractivity contribution in [3.8, 4) is 0 Å². The molecule has 2 aliphatic heterocycles. The van der Waals surface area contributed by atoms with Gasteiger partial charge >= 0.3 is 30.5 Å². The molecule has 26 heteroatoms. The summed E-state index contributed by atoms with van der Waals surface area (Å²) in [6, 6.07) is -4.84. The van der Waals surface area contributed by atoms with Gasteiger partial charge in [0.05, 0.1) is 50.5 Å². The van der Waals surface area contributed by atoms with Crippen molar-refractivity contribution in [1.82, 2.24) is 36.4 Å². The molecule has 3 fully saturated rings. The molecule has 0 spiro atoms. The summed E-state index contributed by atoms with van der Waals surface area (Å²) in [5.41, 5.74) is -6.56. The first-order valence-electron chi connectivity index (χ1n) is 27.6. The Bertz CT molecular complexity index is 2130. The maximum absolute atomic E-state index is 14.5. The van der Waals surface area contributed by atoms with E-state index >= 15 is 0 Å². The lowest BCUT2D eigenvalue weighted by Gasteiger charge is -2.48. The fourth-order valence-electron chi connectivity index (χ4n) is 9.08. The van der Waals surface area contributed by atoms with Crippen molar-refractivity contribution < 1.29 is 91.8 Å². The number of rotatable bonds is 19. The average Bonchev–Trinajstić information content (AvgIpc) is 3.69. The molecule has 1 unspecified atom stereocenters. The number of hydrogen-bond acceptors (Lipinski definition) is 20. The van der Waals surface area contributed by atoms with Crippen molar-refractivity contribution in [2.75, 3.05) is 46.4 Å². The number of carbonyl (C=O) groups excluding carboxylic acids is 6. The monoisotopic (exact) mass is 1150 g/mol. The van der Waals surface area contributed by atoms with Crippen LogP contribution < -0.4 is 26.6 Å². The van der Waals surface area contributed by atoms with Crippen LogP contribution in [0.5, 0.6) is 0 Å². The highest BCUT2D eigenvalue weighted by atomic mass is 16.7. The third-order valence-corrected chi connectivity index (χ3v) is 12.9. The van der Waals surface area contributed by atoms with Crippen LogP contribution in [0.2, 0.25) is 0 Å². The standard InChI is InChI=1S/C54H95N7O19/c1-30(60(17)47(69)79-52(11,12)13)37(63)42(72-23-22-62)75-39-35(57-43(65)54(71)20-21-61(29-54)48(70)80-53(14,15)16)26-36(59-46(68)78-51(8,9)10)40(38(39)64)74-41-34(58-45(67)77-50(5,6)7)19-18-33(73-41)28-55-27-31-24-32(25-31)56-44(66)76-49(2,3)4/h18,30-32,34-42,55,62-64,71H,19-29H2,1-17H3,(H,56,66)(H,57,65)(H,58,67)(H,59,68)/t30-,31-,32-,34+,35+,36-,37+,38+,39-,40+,41+,42+,54?/m0/s1. The zero-order valence-corrected chi connectivity index (χ0v) is 50.1. The molecule has 0 radical (unpaired) electrons. The Morgan fingerprint density at radius 1 is 0.750 bits per heavy atom. The molecule has 0 aromatic rings. The first-order chi connectivity index (χ1) is 36.6. The molecular weight excluding hydrogens is 1050 g/mol. The highest BCUT2D eigenvalue weighted by molar-refractivity contribution is 5.87. The van der Waals surface area contributed by atoms with Crippen LogP contribution >= 0.6 is 0 Å². The number of hydrogen-bond donors (Lipinski definition) is 9. The van der Waals surface area contributed by atoms with E-state index in [0.29, 0.717) is 25.1 Å². The number of alkyl carbamates (subject to hydrolysis) is 3. The zero-order valence-electron chi connectivity index (χ0n) is 50.1. The van der Waals surface area contributed by atoms with Gasteiger partial charge in [-0.15, -0.1) is 0 Å². The van der Waals surface area contributed by atoms with Crippen LogP contribution in [0.15, 0.2) is 11.8 Å². The van der Waals surface area contributed by atoms with Crippen molar-refractivity contribution in [1.29, 1.82) is 0 Å². The first-order valence-corrected chi connectivity index (χ1v) is 27.6. The van der Waals surface area contributed by atoms with Gasteiger partial charge in [-0.1, -0.05) is 0 Å². The lowest BCUT2D eigenvalue weighted by atomic mass is 9.80. The number of carbonyl (C=O) groups is 6. The quantitative estimate of drug-likeness (QED) is 0.0658. The average molecular weight is 1150 g/mol. The van der Waals surface area contributed by atoms with Gasteiger partial charge in [-0.05, 0) is 155 Å². The van der Waals surface area contributed by atoms with E-state index in [1.807, 2.05) is 0 Å². The maximum atomic E-state index is 14.5. The Labute approximate surface area is 471 Å². The Balaban J connectivity index is 1.74. The SMILES string of the molecule is C[C@@H]([C@@H](O)[C@H](OCCO)O[C@@H]1[C@@H](O)[C@H](O[C@H]2OC(CNC[C@H]3C[C@H](NC(=O)OC(C)(C)C)C3)=CC[C@H]2NC(=O)OC(C)(C)C)[C@@H](NC(=O)OC(C)(C)C)C[C@H]1NC(=O)C1(O)CCN(C(=O)OC(C)(C)C)C1)N(C)C(=O)OC(C)(C)C. The predicted molar refractivity (Wildman–Crippen MR) is 289 cm³/mol. The summed E-state index contributed by atoms with van der Waals surface area (Å²) >= 11 is 0. The van der Waals surface area contributed by atoms with Gasteiger partial charge in [-0.2, -0.15) is 0 Å². The van der Waals surface area contributed by atoms with Crippen LogP contribution in [0.3, 0.4) is 0 Å². The van der Waals surface area contributed by atoms with E-state index < -0.39 is 151 Å². The number of aliphatic hydroxyl groups excluding tert-OH is 3. The number of ether oxygens (including phenoxy) is 9. The zero-order chi connectivity index (χ0) is 60.5. The molecule has 0 aromatic carbocycles. The number of β-amino-alcohol motifs (C(OH)–C–C–N with tert-alkyl or cyclic N) is 1. The van der Waals surface area contributed by atoms with Gasteiger partial charge in [0.2, 0.25) is 6.29 Å². The Morgan fingerprint density at radius 3 is 1.81 bits per heavy atom. The van der Waals surface area contributed by atoms with E-state index in [2.05, 4.69) is 26.6 Å². The van der Waals surface area contributed by atoms with Crippen molar-refractivity contribution in [3.05, 3.63) is 11.8 Å². The minimum Gasteiger partial charge on any atom is -0.466 e. The third kappa shape index (κ3) is 21.7. The van der Waals surface area contributed by atoms with E-state index in [4.69, 9.17) is 42.6 Å². The van der Waals surface area contributed by atoms with Gasteiger partial charge in [0.1, 0.15) is 58.2 Å². The second-order valence-corrected chi connectivity index (χ2v) is 26.2. The summed E-state index contributed by atoms with van der Waals surface area (Å²) in [4.78, 5) is 82.6. The summed E-state index contributed by atoms with van der Waals surface area (Å²) in [5, 5.41) is 61.3. The molecular formula is C54H95N7O19. The summed E-state index contributed by atoms with van der Waals surface area (Å²) in [6.45, 7) is 26.1. The Hall–Kier alpha value is -4.96. The van der Waals surface area contributed by atoms with Crippen LogP contribution in [0, 0.1) is 5.92 Å². The number of likely N-dealkylation sites (tertiary alicyclic amines) is 1. The summed E-state index contributed by atoms with van der Waals surface area (Å²) in [6.07, 6.45) is -11.2. The molecule has 4 aliphatic rings. The lowest BCUT2D eigenvalue weighted by Crippen LogP contribution is -2.69. The highest BCUT2D eigenvalue weighted by Gasteiger charge is 2.54. The Kier molecular flexibility index (Phi) is 23.1. The van der Waals surface area contributed by atoms with Crippen LogP contribution in [0.4, 0.5) is 24.0 Å². The van der Waals surface area contributed by atoms with Gasteiger partial charge in [0.15, 0.2) is 11.9 Å². The highest BCUT2D eigenvalue weighted by Crippen LogP contribution is 2.34. The minimum atomic E-state index is -2.20. The second kappa shape index (κ2) is 27.4. The van der Waals surface area contributed by atoms with Gasteiger partial charge in [-0.25, -0.2) is 24.0 Å². The van der Waals surface area contributed by atoms with E-state index in [1.165, 1.54) is 18.9 Å². The maximum Gasteiger partial charge on any atom is 0.410 e. The normalized spacial score (nSPS) is 27.6. The van der Waals surface area contributed by atoms with Crippen LogP contribution in [-0.4, -0.2) is 214 Å². The smallest absolute Gasteiger partial charge is 0.410 e. The summed E-state index contributed by atoms with van der Waals surface area (Å²) in [5.74, 6) is -0.376. The number of nitrogens with zero attached hydrogens (tertiary/aromatic N) is 2. The molecule has 80 heavy (non-hydrogen) atoms. The molecule has 4 rings (SSSR count).